The Hall–Kier alpha value is -1.50. The topological polar surface area (TPSA) is 24.5 Å². The van der Waals surface area contributed by atoms with Crippen molar-refractivity contribution in [3.05, 3.63) is 63.6 Å². The minimum Gasteiger partial charge on any atom is -0.496 e. The number of hydrogen-bond acceptors (Lipinski definition) is 3. The Balaban J connectivity index is 2.13. The van der Waals surface area contributed by atoms with E-state index in [0.29, 0.717) is 11.3 Å². The van der Waals surface area contributed by atoms with Crippen LogP contribution in [0.25, 0.3) is 0 Å². The Kier molecular flexibility index (Phi) is 6.04. The second-order valence-corrected chi connectivity index (χ2v) is 7.01. The molecule has 3 nitrogen and oxygen atoms in total. The number of benzene rings is 2. The quantitative estimate of drug-likeness (QED) is 0.820. The molecule has 1 saturated heterocycles. The Labute approximate surface area is 155 Å². The molecular formula is C19H21BrF2N2O. The fraction of sp³-hybridized carbons (Fsp3) is 0.368. The Bertz CT molecular complexity index is 733. The van der Waals surface area contributed by atoms with Gasteiger partial charge in [-0.2, -0.15) is 0 Å². The molecule has 1 aliphatic rings. The lowest BCUT2D eigenvalue weighted by atomic mass is 9.95. The van der Waals surface area contributed by atoms with Crippen molar-refractivity contribution in [3.63, 3.8) is 0 Å². The molecule has 1 N–H and O–H groups in total. The molecule has 1 unspecified atom stereocenters. The van der Waals surface area contributed by atoms with Gasteiger partial charge in [0, 0.05) is 41.3 Å². The second kappa shape index (κ2) is 8.25. The van der Waals surface area contributed by atoms with Crippen LogP contribution in [0.4, 0.5) is 8.78 Å². The predicted octanol–water partition coefficient (Wildman–Crippen LogP) is 4.12. The van der Waals surface area contributed by atoms with Crippen LogP contribution in [0.3, 0.4) is 0 Å². The van der Waals surface area contributed by atoms with E-state index in [1.807, 2.05) is 18.2 Å². The predicted molar refractivity (Wildman–Crippen MR) is 98.0 cm³/mol. The van der Waals surface area contributed by atoms with Gasteiger partial charge in [0.1, 0.15) is 17.4 Å². The van der Waals surface area contributed by atoms with Crippen molar-refractivity contribution in [1.29, 1.82) is 0 Å². The zero-order valence-electron chi connectivity index (χ0n) is 14.1. The maximum absolute atomic E-state index is 14.6. The maximum atomic E-state index is 14.6. The first-order valence-corrected chi connectivity index (χ1v) is 9.12. The Morgan fingerprint density at radius 2 is 1.92 bits per heavy atom. The highest BCUT2D eigenvalue weighted by atomic mass is 79.9. The van der Waals surface area contributed by atoms with Gasteiger partial charge in [0.15, 0.2) is 0 Å². The zero-order valence-corrected chi connectivity index (χ0v) is 15.7. The normalized spacial score (nSPS) is 17.1. The first-order chi connectivity index (χ1) is 12.1. The van der Waals surface area contributed by atoms with Gasteiger partial charge in [0.25, 0.3) is 0 Å². The van der Waals surface area contributed by atoms with Gasteiger partial charge in [-0.1, -0.05) is 22.0 Å². The molecule has 0 radical (unpaired) electrons. The number of hydrogen-bond donors (Lipinski definition) is 1. The van der Waals surface area contributed by atoms with Crippen molar-refractivity contribution in [2.24, 2.45) is 0 Å². The average molecular weight is 411 g/mol. The van der Waals surface area contributed by atoms with Crippen LogP contribution in [0, 0.1) is 11.6 Å². The van der Waals surface area contributed by atoms with Crippen molar-refractivity contribution >= 4 is 15.9 Å². The highest BCUT2D eigenvalue weighted by Gasteiger charge is 2.28. The van der Waals surface area contributed by atoms with E-state index in [4.69, 9.17) is 4.74 Å². The molecule has 1 aliphatic heterocycles. The van der Waals surface area contributed by atoms with Crippen molar-refractivity contribution in [2.75, 3.05) is 33.3 Å². The molecule has 0 aromatic heterocycles. The number of nitrogens with zero attached hydrogens (tertiary/aromatic N) is 1. The molecule has 1 atom stereocenters. The highest BCUT2D eigenvalue weighted by Crippen LogP contribution is 2.37. The first kappa shape index (κ1) is 18.3. The van der Waals surface area contributed by atoms with Crippen LogP contribution in [0.15, 0.2) is 40.9 Å². The summed E-state index contributed by atoms with van der Waals surface area (Å²) in [5.74, 6) is -0.419. The van der Waals surface area contributed by atoms with Gasteiger partial charge in [-0.25, -0.2) is 8.78 Å². The lowest BCUT2D eigenvalue weighted by Gasteiger charge is -2.32. The van der Waals surface area contributed by atoms with Gasteiger partial charge in [-0.15, -0.1) is 0 Å². The lowest BCUT2D eigenvalue weighted by molar-refractivity contribution is 0.232. The first-order valence-electron chi connectivity index (χ1n) is 8.33. The molecule has 0 aliphatic carbocycles. The van der Waals surface area contributed by atoms with E-state index in [1.54, 1.807) is 7.11 Å². The van der Waals surface area contributed by atoms with Crippen LogP contribution in [0.5, 0.6) is 5.75 Å². The fourth-order valence-corrected chi connectivity index (χ4v) is 3.71. The largest absolute Gasteiger partial charge is 0.496 e. The number of nitrogens with one attached hydrogen (secondary N) is 1. The summed E-state index contributed by atoms with van der Waals surface area (Å²) in [7, 11) is 1.61. The molecule has 3 rings (SSSR count). The van der Waals surface area contributed by atoms with Crippen LogP contribution >= 0.6 is 15.9 Å². The summed E-state index contributed by atoms with van der Waals surface area (Å²) >= 11 is 3.50. The minimum atomic E-state index is -0.571. The molecule has 1 fully saturated rings. The van der Waals surface area contributed by atoms with Crippen LogP contribution in [0.1, 0.15) is 23.6 Å². The van der Waals surface area contributed by atoms with E-state index in [1.165, 1.54) is 12.1 Å². The third kappa shape index (κ3) is 4.19. The summed E-state index contributed by atoms with van der Waals surface area (Å²) in [5.41, 5.74) is 1.32. The lowest BCUT2D eigenvalue weighted by Crippen LogP contribution is -2.33. The van der Waals surface area contributed by atoms with Gasteiger partial charge in [0.2, 0.25) is 0 Å². The van der Waals surface area contributed by atoms with Gasteiger partial charge >= 0.3 is 0 Å². The summed E-state index contributed by atoms with van der Waals surface area (Å²) in [6.07, 6.45) is 0.968. The molecular weight excluding hydrogens is 390 g/mol. The van der Waals surface area contributed by atoms with E-state index < -0.39 is 11.6 Å². The number of rotatable bonds is 4. The van der Waals surface area contributed by atoms with E-state index >= 15 is 0 Å². The third-order valence-electron chi connectivity index (χ3n) is 4.48. The SMILES string of the molecule is COc1ccc(Br)cc1C(c1ccc(F)cc1F)N1CCCNCC1. The summed E-state index contributed by atoms with van der Waals surface area (Å²) in [4.78, 5) is 2.22. The van der Waals surface area contributed by atoms with E-state index in [0.717, 1.165) is 48.7 Å². The van der Waals surface area contributed by atoms with Crippen LogP contribution in [0.2, 0.25) is 0 Å². The van der Waals surface area contributed by atoms with Crippen LogP contribution in [-0.2, 0) is 0 Å². The van der Waals surface area contributed by atoms with E-state index in [-0.39, 0.29) is 6.04 Å². The van der Waals surface area contributed by atoms with Crippen LogP contribution < -0.4 is 10.1 Å². The summed E-state index contributed by atoms with van der Waals surface area (Å²) < 4.78 is 34.5. The molecule has 1 heterocycles. The highest BCUT2D eigenvalue weighted by molar-refractivity contribution is 9.10. The summed E-state index contributed by atoms with van der Waals surface area (Å²) in [5, 5.41) is 3.36. The summed E-state index contributed by atoms with van der Waals surface area (Å²) in [6.45, 7) is 3.36. The molecule has 134 valence electrons. The maximum Gasteiger partial charge on any atom is 0.131 e. The van der Waals surface area contributed by atoms with Crippen molar-refractivity contribution < 1.29 is 13.5 Å². The smallest absolute Gasteiger partial charge is 0.131 e. The molecule has 2 aromatic carbocycles. The monoisotopic (exact) mass is 410 g/mol. The Morgan fingerprint density at radius 3 is 2.68 bits per heavy atom. The molecule has 0 bridgehead atoms. The van der Waals surface area contributed by atoms with Crippen LogP contribution in [-0.4, -0.2) is 38.2 Å². The van der Waals surface area contributed by atoms with E-state index in [9.17, 15) is 8.78 Å². The molecule has 0 saturated carbocycles. The summed E-state index contributed by atoms with van der Waals surface area (Å²) in [6, 6.07) is 9.16. The van der Waals surface area contributed by atoms with Crippen molar-refractivity contribution in [3.8, 4) is 5.75 Å². The molecule has 2 aromatic rings. The number of halogens is 3. The zero-order chi connectivity index (χ0) is 17.8. The standard InChI is InChI=1S/C19H21BrF2N2O/c1-25-18-6-3-13(20)11-16(18)19(24-9-2-7-23-8-10-24)15-5-4-14(21)12-17(15)22/h3-6,11-12,19,23H,2,7-10H2,1H3. The number of methoxy groups -OCH3 is 1. The third-order valence-corrected chi connectivity index (χ3v) is 4.98. The second-order valence-electron chi connectivity index (χ2n) is 6.09. The molecule has 25 heavy (non-hydrogen) atoms. The molecule has 0 spiro atoms. The van der Waals surface area contributed by atoms with Crippen molar-refractivity contribution in [1.82, 2.24) is 10.2 Å². The van der Waals surface area contributed by atoms with Gasteiger partial charge in [-0.3, -0.25) is 4.90 Å². The average Bonchev–Trinajstić information content (AvgIpc) is 2.87. The minimum absolute atomic E-state index is 0.340. The molecule has 6 heteroatoms. The van der Waals surface area contributed by atoms with Gasteiger partial charge < -0.3 is 10.1 Å². The fourth-order valence-electron chi connectivity index (χ4n) is 3.33. The van der Waals surface area contributed by atoms with Gasteiger partial charge in [-0.05, 0) is 37.2 Å². The van der Waals surface area contributed by atoms with Crippen molar-refractivity contribution in [2.45, 2.75) is 12.5 Å². The number of ether oxygens (including phenoxy) is 1. The molecule has 0 amide bonds. The van der Waals surface area contributed by atoms with Gasteiger partial charge in [0.05, 0.1) is 13.2 Å². The Morgan fingerprint density at radius 1 is 1.08 bits per heavy atom. The van der Waals surface area contributed by atoms with E-state index in [2.05, 4.69) is 26.1 Å².